The number of hydrogen-bond acceptors (Lipinski definition) is 7. The number of nitrogens with one attached hydrogen (secondary N) is 3. The first-order chi connectivity index (χ1) is 15.1. The third kappa shape index (κ3) is 9.86. The Morgan fingerprint density at radius 3 is 2.22 bits per heavy atom. The number of carboxylic acids is 1. The summed E-state index contributed by atoms with van der Waals surface area (Å²) in [6, 6.07) is 5.87. The Hall–Kier alpha value is -3.02. The van der Waals surface area contributed by atoms with Crippen molar-refractivity contribution >= 4 is 23.7 Å². The fourth-order valence-electron chi connectivity index (χ4n) is 2.93. The Morgan fingerprint density at radius 2 is 1.66 bits per heavy atom. The van der Waals surface area contributed by atoms with E-state index in [0.717, 1.165) is 5.56 Å². The lowest BCUT2D eigenvalue weighted by molar-refractivity contribution is -0.139. The number of aliphatic hydroxyl groups is 1. The summed E-state index contributed by atoms with van der Waals surface area (Å²) < 4.78 is 0. The molecule has 11 nitrogen and oxygen atoms in total. The van der Waals surface area contributed by atoms with Crippen LogP contribution in [0.15, 0.2) is 30.3 Å². The molecule has 4 unspecified atom stereocenters. The van der Waals surface area contributed by atoms with Crippen LogP contribution in [-0.4, -0.2) is 71.2 Å². The van der Waals surface area contributed by atoms with Gasteiger partial charge in [-0.2, -0.15) is 0 Å². The fourth-order valence-corrected chi connectivity index (χ4v) is 2.93. The molecule has 178 valence electrons. The number of unbranched alkanes of at least 4 members (excludes halogenated alkanes) is 1. The molecule has 1 aromatic carbocycles. The minimum atomic E-state index is -1.39. The minimum Gasteiger partial charge on any atom is -0.480 e. The highest BCUT2D eigenvalue weighted by molar-refractivity contribution is 5.94. The van der Waals surface area contributed by atoms with Gasteiger partial charge in [-0.05, 0) is 44.7 Å². The molecule has 0 aliphatic rings. The maximum atomic E-state index is 12.8. The number of amides is 3. The summed E-state index contributed by atoms with van der Waals surface area (Å²) >= 11 is 0. The lowest BCUT2D eigenvalue weighted by Crippen LogP contribution is -2.58. The highest BCUT2D eigenvalue weighted by atomic mass is 16.4. The molecule has 0 saturated heterocycles. The maximum Gasteiger partial charge on any atom is 0.322 e. The van der Waals surface area contributed by atoms with E-state index in [1.165, 1.54) is 6.92 Å². The van der Waals surface area contributed by atoms with E-state index in [2.05, 4.69) is 16.0 Å². The number of aliphatic carboxylic acids is 1. The van der Waals surface area contributed by atoms with Gasteiger partial charge in [-0.25, -0.2) is 0 Å². The van der Waals surface area contributed by atoms with Crippen LogP contribution in [-0.2, 0) is 25.6 Å². The van der Waals surface area contributed by atoms with E-state index in [-0.39, 0.29) is 12.8 Å². The second-order valence-electron chi connectivity index (χ2n) is 7.48. The molecular formula is C21H33N5O6. The lowest BCUT2D eigenvalue weighted by Gasteiger charge is -2.25. The molecule has 0 aliphatic heterocycles. The summed E-state index contributed by atoms with van der Waals surface area (Å²) in [7, 11) is 0. The summed E-state index contributed by atoms with van der Waals surface area (Å²) in [4.78, 5) is 48.2. The number of carbonyl (C=O) groups is 4. The smallest absolute Gasteiger partial charge is 0.322 e. The van der Waals surface area contributed by atoms with Gasteiger partial charge < -0.3 is 37.6 Å². The van der Waals surface area contributed by atoms with Crippen molar-refractivity contribution in [3.63, 3.8) is 0 Å². The number of carbonyl (C=O) groups excluding carboxylic acids is 3. The van der Waals surface area contributed by atoms with Gasteiger partial charge in [0.1, 0.15) is 18.6 Å². The Kier molecular flexibility index (Phi) is 11.9. The van der Waals surface area contributed by atoms with Gasteiger partial charge in [-0.3, -0.25) is 19.2 Å². The Balaban J connectivity index is 2.83. The lowest BCUT2D eigenvalue weighted by atomic mass is 10.0. The van der Waals surface area contributed by atoms with Gasteiger partial charge in [0.05, 0.1) is 12.1 Å². The average molecular weight is 452 g/mol. The van der Waals surface area contributed by atoms with Gasteiger partial charge in [-0.15, -0.1) is 0 Å². The number of benzene rings is 1. The van der Waals surface area contributed by atoms with Crippen LogP contribution in [0.2, 0.25) is 0 Å². The Labute approximate surface area is 186 Å². The largest absolute Gasteiger partial charge is 0.480 e. The zero-order chi connectivity index (χ0) is 24.1. The van der Waals surface area contributed by atoms with E-state index >= 15 is 0 Å². The van der Waals surface area contributed by atoms with Crippen LogP contribution < -0.4 is 27.4 Å². The monoisotopic (exact) mass is 451 g/mol. The fraction of sp³-hybridized carbons (Fsp3) is 0.524. The predicted octanol–water partition coefficient (Wildman–Crippen LogP) is -1.76. The Morgan fingerprint density at radius 1 is 1.00 bits per heavy atom. The van der Waals surface area contributed by atoms with Crippen LogP contribution in [0, 0.1) is 0 Å². The zero-order valence-corrected chi connectivity index (χ0v) is 18.1. The second-order valence-corrected chi connectivity index (χ2v) is 7.48. The number of hydrogen-bond donors (Lipinski definition) is 7. The van der Waals surface area contributed by atoms with Crippen LogP contribution in [0.25, 0.3) is 0 Å². The van der Waals surface area contributed by atoms with Gasteiger partial charge in [0, 0.05) is 0 Å². The topological polar surface area (TPSA) is 197 Å². The molecule has 0 spiro atoms. The summed E-state index contributed by atoms with van der Waals surface area (Å²) in [5.74, 6) is -3.36. The van der Waals surface area contributed by atoms with Crippen molar-refractivity contribution in [1.29, 1.82) is 0 Å². The first kappa shape index (κ1) is 27.0. The van der Waals surface area contributed by atoms with Gasteiger partial charge in [0.2, 0.25) is 17.7 Å². The van der Waals surface area contributed by atoms with E-state index in [9.17, 15) is 24.3 Å². The van der Waals surface area contributed by atoms with E-state index in [4.69, 9.17) is 16.6 Å². The van der Waals surface area contributed by atoms with Crippen LogP contribution in [0.5, 0.6) is 0 Å². The van der Waals surface area contributed by atoms with Crippen molar-refractivity contribution in [1.82, 2.24) is 16.0 Å². The summed E-state index contributed by atoms with van der Waals surface area (Å²) in [6.45, 7) is 1.02. The van der Waals surface area contributed by atoms with Crippen LogP contribution in [0.1, 0.15) is 31.7 Å². The summed E-state index contributed by atoms with van der Waals surface area (Å²) in [5, 5.41) is 25.7. The molecule has 0 aromatic heterocycles. The van der Waals surface area contributed by atoms with Crippen molar-refractivity contribution < 1.29 is 29.4 Å². The highest BCUT2D eigenvalue weighted by Crippen LogP contribution is 2.06. The van der Waals surface area contributed by atoms with Gasteiger partial charge in [-0.1, -0.05) is 30.3 Å². The van der Waals surface area contributed by atoms with Crippen LogP contribution in [0.3, 0.4) is 0 Å². The molecule has 0 bridgehead atoms. The first-order valence-corrected chi connectivity index (χ1v) is 10.4. The van der Waals surface area contributed by atoms with E-state index in [0.29, 0.717) is 19.4 Å². The summed E-state index contributed by atoms with van der Waals surface area (Å²) in [5.41, 5.74) is 12.4. The van der Waals surface area contributed by atoms with Crippen molar-refractivity contribution in [2.45, 2.75) is 56.8 Å². The molecule has 0 heterocycles. The molecule has 0 saturated carbocycles. The quantitative estimate of drug-likeness (QED) is 0.161. The highest BCUT2D eigenvalue weighted by Gasteiger charge is 2.30. The van der Waals surface area contributed by atoms with Gasteiger partial charge in [0.25, 0.3) is 0 Å². The molecule has 9 N–H and O–H groups in total. The maximum absolute atomic E-state index is 12.8. The van der Waals surface area contributed by atoms with E-state index in [1.54, 1.807) is 0 Å². The predicted molar refractivity (Wildman–Crippen MR) is 117 cm³/mol. The van der Waals surface area contributed by atoms with Crippen LogP contribution in [0.4, 0.5) is 0 Å². The van der Waals surface area contributed by atoms with Crippen molar-refractivity contribution in [3.05, 3.63) is 35.9 Å². The molecule has 0 fully saturated rings. The third-order valence-corrected chi connectivity index (χ3v) is 4.69. The summed E-state index contributed by atoms with van der Waals surface area (Å²) in [6.07, 6.45) is 0.379. The van der Waals surface area contributed by atoms with Gasteiger partial charge in [0.15, 0.2) is 0 Å². The normalized spacial score (nSPS) is 14.5. The number of aliphatic hydroxyl groups excluding tert-OH is 1. The number of carboxylic acid groups (broad SMARTS) is 1. The molecule has 11 heteroatoms. The van der Waals surface area contributed by atoms with Crippen LogP contribution >= 0.6 is 0 Å². The standard InChI is InChI=1S/C21H33N5O6/c1-13(27)18(21(32)24-12-17(28)29)26-20(31)16(9-5-6-10-22)25-19(30)15(23)11-14-7-3-2-4-8-14/h2-4,7-8,13,15-16,18,27H,5-6,9-12,22-23H2,1H3,(H,24,32)(H,25,30)(H,26,31)(H,28,29). The molecule has 3 amide bonds. The van der Waals surface area contributed by atoms with Crippen molar-refractivity contribution in [2.75, 3.05) is 13.1 Å². The Bertz CT molecular complexity index is 758. The molecule has 1 aromatic rings. The van der Waals surface area contributed by atoms with Crippen molar-refractivity contribution in [3.8, 4) is 0 Å². The van der Waals surface area contributed by atoms with Crippen molar-refractivity contribution in [2.24, 2.45) is 11.5 Å². The molecule has 0 aliphatic carbocycles. The van der Waals surface area contributed by atoms with Gasteiger partial charge >= 0.3 is 5.97 Å². The molecule has 1 rings (SSSR count). The molecule has 4 atom stereocenters. The molecule has 0 radical (unpaired) electrons. The van der Waals surface area contributed by atoms with E-state index < -0.39 is 54.5 Å². The minimum absolute atomic E-state index is 0.246. The second kappa shape index (κ2) is 14.1. The third-order valence-electron chi connectivity index (χ3n) is 4.69. The SMILES string of the molecule is CC(O)C(NC(=O)C(CCCCN)NC(=O)C(N)Cc1ccccc1)C(=O)NCC(=O)O. The molecule has 32 heavy (non-hydrogen) atoms. The number of rotatable bonds is 14. The zero-order valence-electron chi connectivity index (χ0n) is 18.1. The first-order valence-electron chi connectivity index (χ1n) is 10.4. The van der Waals surface area contributed by atoms with E-state index in [1.807, 2.05) is 30.3 Å². The molecular weight excluding hydrogens is 418 g/mol. The number of nitrogens with two attached hydrogens (primary N) is 2. The average Bonchev–Trinajstić information content (AvgIpc) is 2.75.